The van der Waals surface area contributed by atoms with Gasteiger partial charge in [-0.1, -0.05) is 13.3 Å². The van der Waals surface area contributed by atoms with Crippen molar-refractivity contribution in [3.8, 4) is 0 Å². The largest absolute Gasteiger partial charge is 0.355 e. The second-order valence-electron chi connectivity index (χ2n) is 3.73. The maximum absolute atomic E-state index is 10.9. The van der Waals surface area contributed by atoms with Gasteiger partial charge in [0.2, 0.25) is 5.91 Å². The average Bonchev–Trinajstić information content (AvgIpc) is 2.10. The van der Waals surface area contributed by atoms with Crippen LogP contribution >= 0.6 is 0 Å². The van der Waals surface area contributed by atoms with Gasteiger partial charge in [0.05, 0.1) is 0 Å². The summed E-state index contributed by atoms with van der Waals surface area (Å²) in [7, 11) is 0. The van der Waals surface area contributed by atoms with Gasteiger partial charge in [0.1, 0.15) is 0 Å². The molecule has 1 rings (SSSR count). The maximum Gasteiger partial charge on any atom is 0.220 e. The van der Waals surface area contributed by atoms with Crippen molar-refractivity contribution in [3.63, 3.8) is 0 Å². The zero-order chi connectivity index (χ0) is 9.03. The molecular weight excluding hydrogens is 152 g/mol. The Morgan fingerprint density at radius 2 is 2.42 bits per heavy atom. The highest BCUT2D eigenvalue weighted by atomic mass is 16.1. The Bertz CT molecular complexity index is 158. The summed E-state index contributed by atoms with van der Waals surface area (Å²) in [5.74, 6) is 0.176. The minimum Gasteiger partial charge on any atom is -0.355 e. The van der Waals surface area contributed by atoms with E-state index < -0.39 is 0 Å². The number of rotatable bonds is 3. The van der Waals surface area contributed by atoms with Gasteiger partial charge in [-0.05, 0) is 19.4 Å². The SMILES string of the molecule is CCCC1(CN)CCC(=O)NC1. The molecule has 0 aliphatic carbocycles. The van der Waals surface area contributed by atoms with Crippen LogP contribution in [0.1, 0.15) is 32.6 Å². The Hall–Kier alpha value is -0.570. The van der Waals surface area contributed by atoms with E-state index in [2.05, 4.69) is 12.2 Å². The zero-order valence-electron chi connectivity index (χ0n) is 7.73. The molecule has 12 heavy (non-hydrogen) atoms. The van der Waals surface area contributed by atoms with Crippen molar-refractivity contribution in [2.75, 3.05) is 13.1 Å². The quantitative estimate of drug-likeness (QED) is 0.653. The second-order valence-corrected chi connectivity index (χ2v) is 3.73. The Morgan fingerprint density at radius 3 is 2.83 bits per heavy atom. The van der Waals surface area contributed by atoms with Crippen molar-refractivity contribution in [3.05, 3.63) is 0 Å². The molecule has 0 aromatic heterocycles. The van der Waals surface area contributed by atoms with Crippen LogP contribution in [0.5, 0.6) is 0 Å². The van der Waals surface area contributed by atoms with Crippen molar-refractivity contribution in [2.24, 2.45) is 11.1 Å². The van der Waals surface area contributed by atoms with Gasteiger partial charge in [0.15, 0.2) is 0 Å². The van der Waals surface area contributed by atoms with Crippen LogP contribution < -0.4 is 11.1 Å². The van der Waals surface area contributed by atoms with E-state index in [-0.39, 0.29) is 11.3 Å². The molecule has 1 saturated heterocycles. The molecule has 0 radical (unpaired) electrons. The van der Waals surface area contributed by atoms with Gasteiger partial charge in [-0.3, -0.25) is 4.79 Å². The van der Waals surface area contributed by atoms with Gasteiger partial charge in [0.25, 0.3) is 0 Å². The summed E-state index contributed by atoms with van der Waals surface area (Å²) in [4.78, 5) is 10.9. The Balaban J connectivity index is 2.50. The highest BCUT2D eigenvalue weighted by Crippen LogP contribution is 2.30. The normalized spacial score (nSPS) is 30.0. The van der Waals surface area contributed by atoms with E-state index in [0.717, 1.165) is 25.8 Å². The standard InChI is InChI=1S/C9H18N2O/c1-2-4-9(6-10)5-3-8(12)11-7-9/h2-7,10H2,1H3,(H,11,12). The van der Waals surface area contributed by atoms with Crippen LogP contribution in [0.4, 0.5) is 0 Å². The first-order valence-electron chi connectivity index (χ1n) is 4.69. The van der Waals surface area contributed by atoms with E-state index >= 15 is 0 Å². The molecule has 70 valence electrons. The molecule has 1 amide bonds. The molecule has 0 aromatic carbocycles. The summed E-state index contributed by atoms with van der Waals surface area (Å²) in [6, 6.07) is 0. The summed E-state index contributed by atoms with van der Waals surface area (Å²) in [5.41, 5.74) is 5.92. The van der Waals surface area contributed by atoms with E-state index in [1.807, 2.05) is 0 Å². The number of amides is 1. The lowest BCUT2D eigenvalue weighted by atomic mass is 9.77. The molecule has 0 bridgehead atoms. The minimum absolute atomic E-state index is 0.176. The third-order valence-electron chi connectivity index (χ3n) is 2.76. The Labute approximate surface area is 73.7 Å². The van der Waals surface area contributed by atoms with Crippen LogP contribution in [0.3, 0.4) is 0 Å². The fourth-order valence-corrected chi connectivity index (χ4v) is 1.86. The molecule has 3 heteroatoms. The lowest BCUT2D eigenvalue weighted by Gasteiger charge is -2.35. The molecular formula is C9H18N2O. The predicted octanol–water partition coefficient (Wildman–Crippen LogP) is 0.642. The number of carbonyl (C=O) groups is 1. The fourth-order valence-electron chi connectivity index (χ4n) is 1.86. The smallest absolute Gasteiger partial charge is 0.220 e. The first-order chi connectivity index (χ1) is 5.72. The number of carbonyl (C=O) groups excluding carboxylic acids is 1. The molecule has 1 aliphatic heterocycles. The lowest BCUT2D eigenvalue weighted by Crippen LogP contribution is -2.47. The third-order valence-corrected chi connectivity index (χ3v) is 2.76. The highest BCUT2D eigenvalue weighted by Gasteiger charge is 2.32. The number of nitrogens with one attached hydrogen (secondary N) is 1. The molecule has 0 aromatic rings. The number of piperidine rings is 1. The molecule has 1 fully saturated rings. The van der Waals surface area contributed by atoms with Crippen LogP contribution in [0.15, 0.2) is 0 Å². The van der Waals surface area contributed by atoms with Gasteiger partial charge in [-0.2, -0.15) is 0 Å². The van der Waals surface area contributed by atoms with E-state index in [1.54, 1.807) is 0 Å². The molecule has 3 N–H and O–H groups in total. The van der Waals surface area contributed by atoms with Crippen molar-refractivity contribution in [1.82, 2.24) is 5.32 Å². The van der Waals surface area contributed by atoms with E-state index in [1.165, 1.54) is 0 Å². The van der Waals surface area contributed by atoms with Crippen LogP contribution in [0.25, 0.3) is 0 Å². The van der Waals surface area contributed by atoms with E-state index in [0.29, 0.717) is 13.0 Å². The summed E-state index contributed by atoms with van der Waals surface area (Å²) in [5, 5.41) is 2.89. The predicted molar refractivity (Wildman–Crippen MR) is 48.6 cm³/mol. The van der Waals surface area contributed by atoms with Crippen LogP contribution in [0.2, 0.25) is 0 Å². The molecule has 0 spiro atoms. The third kappa shape index (κ3) is 1.97. The summed E-state index contributed by atoms with van der Waals surface area (Å²) >= 11 is 0. The van der Waals surface area contributed by atoms with Crippen molar-refractivity contribution >= 4 is 5.91 Å². The molecule has 3 nitrogen and oxygen atoms in total. The first kappa shape index (κ1) is 9.52. The minimum atomic E-state index is 0.176. The van der Waals surface area contributed by atoms with Crippen LogP contribution in [0, 0.1) is 5.41 Å². The van der Waals surface area contributed by atoms with Crippen molar-refractivity contribution in [1.29, 1.82) is 0 Å². The molecule has 1 heterocycles. The molecule has 1 aliphatic rings. The number of hydrogen-bond acceptors (Lipinski definition) is 2. The lowest BCUT2D eigenvalue weighted by molar-refractivity contribution is -0.124. The molecule has 0 saturated carbocycles. The topological polar surface area (TPSA) is 55.1 Å². The van der Waals surface area contributed by atoms with Gasteiger partial charge >= 0.3 is 0 Å². The van der Waals surface area contributed by atoms with Gasteiger partial charge in [0, 0.05) is 18.4 Å². The highest BCUT2D eigenvalue weighted by molar-refractivity contribution is 5.76. The van der Waals surface area contributed by atoms with Crippen LogP contribution in [-0.4, -0.2) is 19.0 Å². The summed E-state index contributed by atoms with van der Waals surface area (Å²) in [6.45, 7) is 3.63. The number of hydrogen-bond donors (Lipinski definition) is 2. The second kappa shape index (κ2) is 3.90. The number of nitrogens with two attached hydrogens (primary N) is 1. The van der Waals surface area contributed by atoms with E-state index in [4.69, 9.17) is 5.73 Å². The molecule has 1 unspecified atom stereocenters. The maximum atomic E-state index is 10.9. The van der Waals surface area contributed by atoms with Crippen LogP contribution in [-0.2, 0) is 4.79 Å². The van der Waals surface area contributed by atoms with E-state index in [9.17, 15) is 4.79 Å². The van der Waals surface area contributed by atoms with Crippen molar-refractivity contribution in [2.45, 2.75) is 32.6 Å². The van der Waals surface area contributed by atoms with Crippen molar-refractivity contribution < 1.29 is 4.79 Å². The van der Waals surface area contributed by atoms with Gasteiger partial charge in [-0.25, -0.2) is 0 Å². The zero-order valence-corrected chi connectivity index (χ0v) is 7.73. The fraction of sp³-hybridized carbons (Fsp3) is 0.889. The first-order valence-corrected chi connectivity index (χ1v) is 4.69. The summed E-state index contributed by atoms with van der Waals surface area (Å²) in [6.07, 6.45) is 3.89. The Kier molecular flexibility index (Phi) is 3.09. The monoisotopic (exact) mass is 170 g/mol. The van der Waals surface area contributed by atoms with Gasteiger partial charge in [-0.15, -0.1) is 0 Å². The average molecular weight is 170 g/mol. The molecule has 1 atom stereocenters. The Morgan fingerprint density at radius 1 is 1.67 bits per heavy atom. The van der Waals surface area contributed by atoms with Gasteiger partial charge < -0.3 is 11.1 Å². The summed E-state index contributed by atoms with van der Waals surface area (Å²) < 4.78 is 0.